The predicted molar refractivity (Wildman–Crippen MR) is 113 cm³/mol. The predicted octanol–water partition coefficient (Wildman–Crippen LogP) is -0.294. The van der Waals surface area contributed by atoms with Crippen LogP contribution in [0.25, 0.3) is 0 Å². The molecular weight excluding hydrogens is 470 g/mol. The Morgan fingerprint density at radius 3 is 2.90 bits per heavy atom. The third-order valence-corrected chi connectivity index (χ3v) is 8.00. The molecule has 31 heavy (non-hydrogen) atoms. The van der Waals surface area contributed by atoms with Crippen LogP contribution >= 0.6 is 34.9 Å². The number of hydrogen-bond acceptors (Lipinski definition) is 12. The first-order chi connectivity index (χ1) is 14.9. The molecule has 3 aliphatic heterocycles. The Morgan fingerprint density at radius 2 is 2.29 bits per heavy atom. The second kappa shape index (κ2) is 9.04. The van der Waals surface area contributed by atoms with Crippen molar-refractivity contribution < 1.29 is 34.2 Å². The number of fused-ring (bicyclic) bond motifs is 1. The molecular formula is C16H17N5O7S3. The van der Waals surface area contributed by atoms with Crippen molar-refractivity contribution in [2.24, 2.45) is 5.16 Å². The zero-order valence-electron chi connectivity index (χ0n) is 15.7. The summed E-state index contributed by atoms with van der Waals surface area (Å²) < 4.78 is 10.5. The summed E-state index contributed by atoms with van der Waals surface area (Å²) in [6.07, 6.45) is -0.134. The van der Waals surface area contributed by atoms with Crippen LogP contribution in [-0.4, -0.2) is 86.1 Å². The van der Waals surface area contributed by atoms with Gasteiger partial charge in [-0.25, -0.2) is 9.78 Å². The lowest BCUT2D eigenvalue weighted by Gasteiger charge is -2.49. The van der Waals surface area contributed by atoms with E-state index in [2.05, 4.69) is 15.5 Å². The van der Waals surface area contributed by atoms with Crippen molar-refractivity contribution in [3.8, 4) is 0 Å². The molecule has 5 N–H and O–H groups in total. The number of nitrogens with one attached hydrogen (secondary N) is 1. The molecule has 1 aromatic heterocycles. The number of nitrogens with two attached hydrogens (primary N) is 1. The van der Waals surface area contributed by atoms with Crippen LogP contribution in [-0.2, 0) is 23.9 Å². The lowest BCUT2D eigenvalue weighted by molar-refractivity contribution is -0.150. The molecule has 0 aliphatic carbocycles. The number of aliphatic carboxylic acids is 1. The minimum atomic E-state index is -1.22. The quantitative estimate of drug-likeness (QED) is 0.172. The highest BCUT2D eigenvalue weighted by molar-refractivity contribution is 8.06. The zero-order chi connectivity index (χ0) is 22.1. The van der Waals surface area contributed by atoms with E-state index in [0.717, 1.165) is 11.3 Å². The van der Waals surface area contributed by atoms with Gasteiger partial charge in [0.05, 0.1) is 12.7 Å². The summed E-state index contributed by atoms with van der Waals surface area (Å²) in [6.45, 7) is 0.653. The number of amides is 2. The number of ether oxygens (including phenoxy) is 2. The van der Waals surface area contributed by atoms with Crippen LogP contribution in [0, 0.1) is 0 Å². The van der Waals surface area contributed by atoms with Gasteiger partial charge in [-0.3, -0.25) is 14.5 Å². The lowest BCUT2D eigenvalue weighted by atomic mass is 10.0. The molecule has 0 radical (unpaired) electrons. The molecule has 4 rings (SSSR count). The second-order valence-corrected chi connectivity index (χ2v) is 9.66. The maximum absolute atomic E-state index is 12.7. The number of hydrogen-bond donors (Lipinski definition) is 4. The molecule has 1 aromatic rings. The van der Waals surface area contributed by atoms with E-state index in [0.29, 0.717) is 23.0 Å². The lowest BCUT2D eigenvalue weighted by Crippen LogP contribution is -2.71. The highest BCUT2D eigenvalue weighted by Gasteiger charge is 2.54. The second-order valence-electron chi connectivity index (χ2n) is 6.55. The van der Waals surface area contributed by atoms with E-state index in [4.69, 9.17) is 15.2 Å². The van der Waals surface area contributed by atoms with Crippen LogP contribution in [0.1, 0.15) is 5.69 Å². The number of β-lactam (4-membered cyclic amide) rings is 1. The van der Waals surface area contributed by atoms with E-state index < -0.39 is 29.2 Å². The molecule has 0 bridgehead atoms. The number of carbonyl (C=O) groups excluding carboxylic acids is 2. The Bertz CT molecular complexity index is 975. The summed E-state index contributed by atoms with van der Waals surface area (Å²) in [5, 5.41) is 25.4. The standard InChI is InChI=1S/C16H17N5O7S3/c17-16-18-7(3-31-16)9(20-26)12(22)19-10-13(23)21-11(15(24)25)8(4-30-14(10)21)29-2-6-1-27-5-28-6/h3,6,10,14,26H,1-2,4-5H2,(H2,17,18)(H,19,22)(H,24,25)/b20-9-/t6?,10?,14-/m0/s1. The van der Waals surface area contributed by atoms with Gasteiger partial charge in [0.25, 0.3) is 11.8 Å². The Kier molecular flexibility index (Phi) is 6.38. The molecule has 2 unspecified atom stereocenters. The van der Waals surface area contributed by atoms with Gasteiger partial charge in [-0.1, -0.05) is 5.16 Å². The van der Waals surface area contributed by atoms with Crippen LogP contribution in [0.5, 0.6) is 0 Å². The highest BCUT2D eigenvalue weighted by atomic mass is 32.2. The van der Waals surface area contributed by atoms with Crippen molar-refractivity contribution in [3.63, 3.8) is 0 Å². The molecule has 2 saturated heterocycles. The van der Waals surface area contributed by atoms with Gasteiger partial charge in [0.1, 0.15) is 29.6 Å². The van der Waals surface area contributed by atoms with E-state index in [-0.39, 0.29) is 35.1 Å². The molecule has 4 heterocycles. The fourth-order valence-electron chi connectivity index (χ4n) is 3.18. The molecule has 15 heteroatoms. The summed E-state index contributed by atoms with van der Waals surface area (Å²) in [6, 6.07) is -0.960. The number of carboxylic acid groups (broad SMARTS) is 1. The molecule has 3 atom stereocenters. The van der Waals surface area contributed by atoms with Crippen molar-refractivity contribution in [1.29, 1.82) is 0 Å². The maximum Gasteiger partial charge on any atom is 0.353 e. The molecule has 3 aliphatic rings. The van der Waals surface area contributed by atoms with Gasteiger partial charge in [-0.2, -0.15) is 0 Å². The number of thioether (sulfide) groups is 2. The highest BCUT2D eigenvalue weighted by Crippen LogP contribution is 2.43. The van der Waals surface area contributed by atoms with Crippen LogP contribution in [0.15, 0.2) is 21.1 Å². The van der Waals surface area contributed by atoms with E-state index in [1.807, 2.05) is 0 Å². The number of nitrogen functional groups attached to an aromatic ring is 1. The van der Waals surface area contributed by atoms with Crippen molar-refractivity contribution in [3.05, 3.63) is 21.7 Å². The number of carbonyl (C=O) groups is 3. The first kappa shape index (κ1) is 21.9. The Hall–Kier alpha value is -2.33. The zero-order valence-corrected chi connectivity index (χ0v) is 18.2. The smallest absolute Gasteiger partial charge is 0.353 e. The van der Waals surface area contributed by atoms with E-state index in [9.17, 15) is 24.7 Å². The van der Waals surface area contributed by atoms with Gasteiger partial charge < -0.3 is 30.8 Å². The normalized spacial score (nSPS) is 25.9. The molecule has 2 fully saturated rings. The summed E-state index contributed by atoms with van der Waals surface area (Å²) in [7, 11) is 0. The molecule has 0 aromatic carbocycles. The summed E-state index contributed by atoms with van der Waals surface area (Å²) in [5.41, 5.74) is 5.14. The molecule has 12 nitrogen and oxygen atoms in total. The number of anilines is 1. The van der Waals surface area contributed by atoms with Gasteiger partial charge in [-0.05, 0) is 0 Å². The first-order valence-corrected chi connectivity index (χ1v) is 11.8. The topological polar surface area (TPSA) is 177 Å². The maximum atomic E-state index is 12.7. The van der Waals surface area contributed by atoms with Gasteiger partial charge in [0.2, 0.25) is 0 Å². The number of nitrogens with zero attached hydrogens (tertiary/aromatic N) is 3. The van der Waals surface area contributed by atoms with Gasteiger partial charge in [0.15, 0.2) is 10.8 Å². The molecule has 166 valence electrons. The van der Waals surface area contributed by atoms with Gasteiger partial charge in [0, 0.05) is 21.8 Å². The summed E-state index contributed by atoms with van der Waals surface area (Å²) in [5.74, 6) is -1.72. The molecule has 0 spiro atoms. The largest absolute Gasteiger partial charge is 0.477 e. The minimum Gasteiger partial charge on any atom is -0.477 e. The summed E-state index contributed by atoms with van der Waals surface area (Å²) >= 11 is 3.72. The van der Waals surface area contributed by atoms with Crippen LogP contribution < -0.4 is 11.1 Å². The van der Waals surface area contributed by atoms with Crippen molar-refractivity contribution in [2.45, 2.75) is 17.5 Å². The van der Waals surface area contributed by atoms with Crippen LogP contribution in [0.4, 0.5) is 5.13 Å². The van der Waals surface area contributed by atoms with E-state index in [1.165, 1.54) is 33.8 Å². The fraction of sp³-hybridized carbons (Fsp3) is 0.438. The molecule has 0 saturated carbocycles. The monoisotopic (exact) mass is 487 g/mol. The van der Waals surface area contributed by atoms with Crippen molar-refractivity contribution >= 4 is 63.5 Å². The molecule has 2 amide bonds. The number of oxime groups is 1. The third kappa shape index (κ3) is 4.23. The Morgan fingerprint density at radius 1 is 1.48 bits per heavy atom. The Labute approximate surface area is 187 Å². The van der Waals surface area contributed by atoms with Gasteiger partial charge >= 0.3 is 5.97 Å². The fourth-order valence-corrected chi connectivity index (χ4v) is 6.36. The Balaban J connectivity index is 1.45. The van der Waals surface area contributed by atoms with Crippen LogP contribution in [0.2, 0.25) is 0 Å². The SMILES string of the molecule is Nc1nc(/C(=N/O)C(=O)NC2C(=O)N3C(C(=O)O)=C(SCC4COCO4)CS[C@@H]23)cs1. The minimum absolute atomic E-state index is 0.0744. The number of aromatic nitrogens is 1. The number of thiazole rings is 1. The third-order valence-electron chi connectivity index (χ3n) is 4.64. The average molecular weight is 488 g/mol. The average Bonchev–Trinajstić information content (AvgIpc) is 3.42. The van der Waals surface area contributed by atoms with Crippen molar-refractivity contribution in [1.82, 2.24) is 15.2 Å². The van der Waals surface area contributed by atoms with E-state index in [1.54, 1.807) is 0 Å². The first-order valence-electron chi connectivity index (χ1n) is 8.88. The summed E-state index contributed by atoms with van der Waals surface area (Å²) in [4.78, 5) is 42.7. The van der Waals surface area contributed by atoms with Crippen LogP contribution in [0.3, 0.4) is 0 Å². The number of carboxylic acids is 1. The van der Waals surface area contributed by atoms with E-state index >= 15 is 0 Å². The van der Waals surface area contributed by atoms with Gasteiger partial charge in [-0.15, -0.1) is 34.9 Å². The number of rotatable bonds is 7. The van der Waals surface area contributed by atoms with Crippen molar-refractivity contribution in [2.75, 3.05) is 30.6 Å².